The molecule has 0 aromatic heterocycles. The highest BCUT2D eigenvalue weighted by Crippen LogP contribution is 2.37. The number of esters is 1. The van der Waals surface area contributed by atoms with E-state index >= 15 is 0 Å². The molecule has 2 saturated carbocycles. The van der Waals surface area contributed by atoms with Gasteiger partial charge in [-0.1, -0.05) is 48.5 Å². The van der Waals surface area contributed by atoms with E-state index in [4.69, 9.17) is 4.74 Å². The van der Waals surface area contributed by atoms with Crippen LogP contribution in [0.15, 0.2) is 48.5 Å². The average molecular weight is 391 g/mol. The minimum atomic E-state index is -0.0536. The summed E-state index contributed by atoms with van der Waals surface area (Å²) in [5.74, 6) is 1.51. The first kappa shape index (κ1) is 19.9. The minimum absolute atomic E-state index is 0.0536. The topological polar surface area (TPSA) is 43.4 Å². The second kappa shape index (κ2) is 8.94. The van der Waals surface area contributed by atoms with Crippen molar-refractivity contribution in [1.82, 2.24) is 0 Å². The maximum absolute atomic E-state index is 11.7. The van der Waals surface area contributed by atoms with Crippen LogP contribution in [-0.4, -0.2) is 18.9 Å². The van der Waals surface area contributed by atoms with E-state index < -0.39 is 0 Å². The van der Waals surface area contributed by atoms with Gasteiger partial charge >= 0.3 is 5.97 Å². The highest BCUT2D eigenvalue weighted by atomic mass is 16.5. The molecule has 0 atom stereocenters. The van der Waals surface area contributed by atoms with Gasteiger partial charge in [0.2, 0.25) is 0 Å². The number of Topliss-reactive ketones (excluding diaryl/α,β-unsaturated/α-hetero) is 1. The molecular weight excluding hydrogens is 360 g/mol. The van der Waals surface area contributed by atoms with E-state index in [1.165, 1.54) is 29.4 Å². The standard InChI is InChI=1S/C26H30O3/c1-29-26(28)24-12-10-22(11-13-24)20-4-2-18(3-5-20)19-6-8-21(9-7-19)23-14-16-25(27)17-15-23/h2-9,22-24H,10-17H2,1H3/t22-,24-. The summed E-state index contributed by atoms with van der Waals surface area (Å²) in [4.78, 5) is 23.2. The van der Waals surface area contributed by atoms with Gasteiger partial charge in [-0.15, -0.1) is 0 Å². The number of methoxy groups -OCH3 is 1. The van der Waals surface area contributed by atoms with Gasteiger partial charge in [0.15, 0.2) is 0 Å². The number of hydrogen-bond donors (Lipinski definition) is 0. The first-order chi connectivity index (χ1) is 14.1. The Morgan fingerprint density at radius 2 is 1.17 bits per heavy atom. The lowest BCUT2D eigenvalue weighted by Crippen LogP contribution is -2.22. The highest BCUT2D eigenvalue weighted by molar-refractivity contribution is 5.79. The average Bonchev–Trinajstić information content (AvgIpc) is 2.79. The fourth-order valence-electron chi connectivity index (χ4n) is 5.00. The highest BCUT2D eigenvalue weighted by Gasteiger charge is 2.27. The fourth-order valence-corrected chi connectivity index (χ4v) is 5.00. The van der Waals surface area contributed by atoms with Gasteiger partial charge in [0.1, 0.15) is 5.78 Å². The Morgan fingerprint density at radius 3 is 1.62 bits per heavy atom. The summed E-state index contributed by atoms with van der Waals surface area (Å²) in [5.41, 5.74) is 5.21. The van der Waals surface area contributed by atoms with Crippen LogP contribution in [0.25, 0.3) is 11.1 Å². The van der Waals surface area contributed by atoms with Gasteiger partial charge in [-0.05, 0) is 72.6 Å². The normalized spacial score (nSPS) is 23.0. The van der Waals surface area contributed by atoms with E-state index in [1.807, 2.05) is 0 Å². The zero-order valence-electron chi connectivity index (χ0n) is 17.2. The Bertz CT molecular complexity index is 833. The molecule has 0 heterocycles. The largest absolute Gasteiger partial charge is 0.469 e. The lowest BCUT2D eigenvalue weighted by atomic mass is 9.78. The number of hydrogen-bond acceptors (Lipinski definition) is 3. The summed E-state index contributed by atoms with van der Waals surface area (Å²) in [5, 5.41) is 0. The fraction of sp³-hybridized carbons (Fsp3) is 0.462. The number of benzene rings is 2. The second-order valence-electron chi connectivity index (χ2n) is 8.63. The van der Waals surface area contributed by atoms with Crippen molar-refractivity contribution in [1.29, 1.82) is 0 Å². The molecule has 0 aliphatic heterocycles. The van der Waals surface area contributed by atoms with E-state index in [0.717, 1.165) is 51.4 Å². The van der Waals surface area contributed by atoms with Crippen LogP contribution in [0.5, 0.6) is 0 Å². The maximum Gasteiger partial charge on any atom is 0.308 e. The van der Waals surface area contributed by atoms with Crippen LogP contribution in [0, 0.1) is 5.92 Å². The van der Waals surface area contributed by atoms with Crippen LogP contribution >= 0.6 is 0 Å². The lowest BCUT2D eigenvalue weighted by Gasteiger charge is -2.27. The summed E-state index contributed by atoms with van der Waals surface area (Å²) in [6, 6.07) is 17.8. The lowest BCUT2D eigenvalue weighted by molar-refractivity contribution is -0.146. The van der Waals surface area contributed by atoms with Crippen LogP contribution < -0.4 is 0 Å². The van der Waals surface area contributed by atoms with Crippen molar-refractivity contribution in [3.8, 4) is 11.1 Å². The molecule has 0 radical (unpaired) electrons. The minimum Gasteiger partial charge on any atom is -0.469 e. The zero-order chi connectivity index (χ0) is 20.2. The molecule has 29 heavy (non-hydrogen) atoms. The summed E-state index contributed by atoms with van der Waals surface area (Å²) in [7, 11) is 1.48. The quantitative estimate of drug-likeness (QED) is 0.599. The van der Waals surface area contributed by atoms with Gasteiger partial charge in [-0.3, -0.25) is 9.59 Å². The van der Waals surface area contributed by atoms with Crippen molar-refractivity contribution in [3.63, 3.8) is 0 Å². The van der Waals surface area contributed by atoms with Gasteiger partial charge in [0, 0.05) is 12.8 Å². The van der Waals surface area contributed by atoms with Gasteiger partial charge < -0.3 is 4.74 Å². The van der Waals surface area contributed by atoms with Crippen molar-refractivity contribution in [3.05, 3.63) is 59.7 Å². The molecule has 3 nitrogen and oxygen atoms in total. The summed E-state index contributed by atoms with van der Waals surface area (Å²) in [6.45, 7) is 0. The summed E-state index contributed by atoms with van der Waals surface area (Å²) < 4.78 is 4.89. The van der Waals surface area contributed by atoms with Crippen molar-refractivity contribution in [2.45, 2.75) is 63.2 Å². The molecule has 2 aromatic carbocycles. The second-order valence-corrected chi connectivity index (χ2v) is 8.63. The Kier molecular flexibility index (Phi) is 6.13. The molecule has 4 rings (SSSR count). The Hall–Kier alpha value is -2.42. The SMILES string of the molecule is COC(=O)[C@H]1CC[C@H](c2ccc(-c3ccc(C4CCC(=O)CC4)cc3)cc2)CC1. The number of carbonyl (C=O) groups excluding carboxylic acids is 2. The molecule has 3 heteroatoms. The van der Waals surface area contributed by atoms with Crippen molar-refractivity contribution >= 4 is 11.8 Å². The van der Waals surface area contributed by atoms with E-state index in [1.54, 1.807) is 0 Å². The van der Waals surface area contributed by atoms with E-state index in [2.05, 4.69) is 48.5 Å². The summed E-state index contributed by atoms with van der Waals surface area (Å²) >= 11 is 0. The number of rotatable bonds is 4. The summed E-state index contributed by atoms with van der Waals surface area (Å²) in [6.07, 6.45) is 7.40. The van der Waals surface area contributed by atoms with Crippen molar-refractivity contribution < 1.29 is 14.3 Å². The Balaban J connectivity index is 1.38. The molecular formula is C26H30O3. The molecule has 0 bridgehead atoms. The van der Waals surface area contributed by atoms with Crippen molar-refractivity contribution in [2.75, 3.05) is 7.11 Å². The van der Waals surface area contributed by atoms with Gasteiger partial charge in [0.05, 0.1) is 13.0 Å². The molecule has 0 N–H and O–H groups in total. The van der Waals surface area contributed by atoms with E-state index in [-0.39, 0.29) is 11.9 Å². The zero-order valence-corrected chi connectivity index (χ0v) is 17.2. The third kappa shape index (κ3) is 4.60. The molecule has 2 fully saturated rings. The molecule has 0 unspecified atom stereocenters. The van der Waals surface area contributed by atoms with E-state index in [0.29, 0.717) is 17.6 Å². The first-order valence-electron chi connectivity index (χ1n) is 10.9. The van der Waals surface area contributed by atoms with Gasteiger partial charge in [-0.25, -0.2) is 0 Å². The molecule has 0 saturated heterocycles. The molecule has 2 aliphatic rings. The molecule has 152 valence electrons. The predicted molar refractivity (Wildman–Crippen MR) is 115 cm³/mol. The first-order valence-corrected chi connectivity index (χ1v) is 10.9. The third-order valence-corrected chi connectivity index (χ3v) is 6.90. The molecule has 0 spiro atoms. The number of carbonyl (C=O) groups is 2. The van der Waals surface area contributed by atoms with Crippen LogP contribution in [0.4, 0.5) is 0 Å². The smallest absolute Gasteiger partial charge is 0.308 e. The number of ketones is 1. The van der Waals surface area contributed by atoms with Crippen LogP contribution in [0.3, 0.4) is 0 Å². The van der Waals surface area contributed by atoms with Gasteiger partial charge in [0.25, 0.3) is 0 Å². The van der Waals surface area contributed by atoms with Crippen LogP contribution in [0.2, 0.25) is 0 Å². The molecule has 2 aromatic rings. The van der Waals surface area contributed by atoms with Crippen LogP contribution in [0.1, 0.15) is 74.3 Å². The molecule has 2 aliphatic carbocycles. The Morgan fingerprint density at radius 1 is 0.724 bits per heavy atom. The number of ether oxygens (including phenoxy) is 1. The van der Waals surface area contributed by atoms with E-state index in [9.17, 15) is 9.59 Å². The molecule has 0 amide bonds. The Labute approximate surface area is 173 Å². The van der Waals surface area contributed by atoms with Crippen LogP contribution in [-0.2, 0) is 14.3 Å². The van der Waals surface area contributed by atoms with Gasteiger partial charge in [-0.2, -0.15) is 0 Å². The third-order valence-electron chi connectivity index (χ3n) is 6.90. The monoisotopic (exact) mass is 390 g/mol. The van der Waals surface area contributed by atoms with Crippen molar-refractivity contribution in [2.24, 2.45) is 5.92 Å². The maximum atomic E-state index is 11.7. The predicted octanol–water partition coefficient (Wildman–Crippen LogP) is 6.03.